The molecule has 53 valence electrons. The number of rotatable bonds is 1. The fourth-order valence-corrected chi connectivity index (χ4v) is 1.15. The van der Waals surface area contributed by atoms with E-state index in [9.17, 15) is 0 Å². The second kappa shape index (κ2) is 3.13. The van der Waals surface area contributed by atoms with Crippen LogP contribution in [0.25, 0.3) is 0 Å². The molecule has 1 radical (unpaired) electrons. The van der Waals surface area contributed by atoms with Gasteiger partial charge in [-0.2, -0.15) is 0 Å². The topological polar surface area (TPSA) is 9.23 Å². The molecule has 0 unspecified atom stereocenters. The summed E-state index contributed by atoms with van der Waals surface area (Å²) < 4.78 is 4.88. The van der Waals surface area contributed by atoms with Gasteiger partial charge < -0.3 is 4.74 Å². The Morgan fingerprint density at radius 3 is 2.60 bits per heavy atom. The molecule has 0 heterocycles. The van der Waals surface area contributed by atoms with Crippen LogP contribution in [0, 0.1) is 6.07 Å². The fraction of sp³-hybridized carbons (Fsp3) is 0.143. The maximum Gasteiger partial charge on any atom is 0.156 e. The van der Waals surface area contributed by atoms with Crippen molar-refractivity contribution in [1.82, 2.24) is 0 Å². The van der Waals surface area contributed by atoms with E-state index in [1.807, 2.05) is 0 Å². The zero-order chi connectivity index (χ0) is 7.56. The van der Waals surface area contributed by atoms with Gasteiger partial charge in [0, 0.05) is 6.07 Å². The summed E-state index contributed by atoms with van der Waals surface area (Å²) >= 11 is 11.4. The molecule has 0 amide bonds. The van der Waals surface area contributed by atoms with Gasteiger partial charge in [-0.15, -0.1) is 0 Å². The first kappa shape index (κ1) is 7.70. The van der Waals surface area contributed by atoms with Crippen molar-refractivity contribution < 1.29 is 4.74 Å². The maximum atomic E-state index is 5.70. The summed E-state index contributed by atoms with van der Waals surface area (Å²) in [4.78, 5) is 0. The molecule has 1 rings (SSSR count). The number of halogens is 2. The molecule has 0 bridgehead atoms. The molecule has 1 nitrogen and oxygen atoms in total. The van der Waals surface area contributed by atoms with Crippen LogP contribution in [0.4, 0.5) is 0 Å². The number of benzene rings is 1. The summed E-state index contributed by atoms with van der Waals surface area (Å²) in [5.41, 5.74) is 0. The smallest absolute Gasteiger partial charge is 0.156 e. The summed E-state index contributed by atoms with van der Waals surface area (Å²) in [6, 6.07) is 6.07. The van der Waals surface area contributed by atoms with Crippen molar-refractivity contribution in [2.24, 2.45) is 0 Å². The second-order valence-corrected chi connectivity index (χ2v) is 2.46. The number of hydrogen-bond donors (Lipinski definition) is 0. The molecule has 0 saturated carbocycles. The van der Waals surface area contributed by atoms with Gasteiger partial charge >= 0.3 is 0 Å². The highest BCUT2D eigenvalue weighted by molar-refractivity contribution is 6.37. The SMILES string of the molecule is COc1c(Cl)[c]ccc1Cl. The highest BCUT2D eigenvalue weighted by Gasteiger charge is 2.03. The van der Waals surface area contributed by atoms with Crippen LogP contribution in [-0.2, 0) is 0 Å². The van der Waals surface area contributed by atoms with Crippen LogP contribution in [0.2, 0.25) is 10.0 Å². The Morgan fingerprint density at radius 1 is 1.50 bits per heavy atom. The third-order valence-electron chi connectivity index (χ3n) is 1.06. The largest absolute Gasteiger partial charge is 0.494 e. The molecule has 0 aromatic heterocycles. The Morgan fingerprint density at radius 2 is 2.20 bits per heavy atom. The number of methoxy groups -OCH3 is 1. The van der Waals surface area contributed by atoms with Crippen LogP contribution in [0.3, 0.4) is 0 Å². The summed E-state index contributed by atoms with van der Waals surface area (Å²) in [6.07, 6.45) is 0. The Labute approximate surface area is 69.5 Å². The Kier molecular flexibility index (Phi) is 2.41. The summed E-state index contributed by atoms with van der Waals surface area (Å²) in [7, 11) is 1.51. The number of ether oxygens (including phenoxy) is 1. The van der Waals surface area contributed by atoms with Crippen molar-refractivity contribution in [3.63, 3.8) is 0 Å². The lowest BCUT2D eigenvalue weighted by molar-refractivity contribution is 0.415. The zero-order valence-corrected chi connectivity index (χ0v) is 6.83. The van der Waals surface area contributed by atoms with E-state index in [4.69, 9.17) is 27.9 Å². The van der Waals surface area contributed by atoms with Gasteiger partial charge in [-0.1, -0.05) is 29.3 Å². The van der Waals surface area contributed by atoms with Crippen molar-refractivity contribution in [3.8, 4) is 5.75 Å². The minimum Gasteiger partial charge on any atom is -0.494 e. The van der Waals surface area contributed by atoms with Gasteiger partial charge in [-0.3, -0.25) is 0 Å². The Bertz CT molecular complexity index is 215. The molecule has 0 fully saturated rings. The van der Waals surface area contributed by atoms with E-state index >= 15 is 0 Å². The monoisotopic (exact) mass is 175 g/mol. The van der Waals surface area contributed by atoms with Gasteiger partial charge in [0.15, 0.2) is 5.75 Å². The van der Waals surface area contributed by atoms with E-state index in [2.05, 4.69) is 6.07 Å². The van der Waals surface area contributed by atoms with Crippen LogP contribution in [0.1, 0.15) is 0 Å². The van der Waals surface area contributed by atoms with Crippen LogP contribution in [-0.4, -0.2) is 7.11 Å². The van der Waals surface area contributed by atoms with E-state index in [1.165, 1.54) is 7.11 Å². The predicted octanol–water partition coefficient (Wildman–Crippen LogP) is 2.80. The van der Waals surface area contributed by atoms with E-state index in [-0.39, 0.29) is 0 Å². The lowest BCUT2D eigenvalue weighted by Gasteiger charge is -2.02. The summed E-state index contributed by atoms with van der Waals surface area (Å²) in [5.74, 6) is 0.478. The molecule has 3 heteroatoms. The molecule has 0 aliphatic carbocycles. The van der Waals surface area contributed by atoms with Gasteiger partial charge in [0.2, 0.25) is 0 Å². The molecule has 0 aliphatic heterocycles. The highest BCUT2D eigenvalue weighted by atomic mass is 35.5. The normalized spacial score (nSPS) is 9.50. The molecule has 0 atom stereocenters. The van der Waals surface area contributed by atoms with Gasteiger partial charge in [0.25, 0.3) is 0 Å². The maximum absolute atomic E-state index is 5.70. The zero-order valence-electron chi connectivity index (χ0n) is 5.32. The van der Waals surface area contributed by atoms with Gasteiger partial charge in [0.1, 0.15) is 0 Å². The third kappa shape index (κ3) is 1.36. The second-order valence-electron chi connectivity index (χ2n) is 1.67. The van der Waals surface area contributed by atoms with Crippen LogP contribution >= 0.6 is 23.2 Å². The van der Waals surface area contributed by atoms with Crippen LogP contribution in [0.5, 0.6) is 5.75 Å². The fourth-order valence-electron chi connectivity index (χ4n) is 0.621. The third-order valence-corrected chi connectivity index (χ3v) is 1.64. The molecule has 10 heavy (non-hydrogen) atoms. The Balaban J connectivity index is 3.17. The van der Waals surface area contributed by atoms with Crippen molar-refractivity contribution >= 4 is 23.2 Å². The lowest BCUT2D eigenvalue weighted by atomic mass is 10.3. The van der Waals surface area contributed by atoms with E-state index in [0.717, 1.165) is 0 Å². The van der Waals surface area contributed by atoms with E-state index in [1.54, 1.807) is 12.1 Å². The standard InChI is InChI=1S/C7H5Cl2O/c1-10-7-5(8)3-2-4-6(7)9/h2-3H,1H3. The van der Waals surface area contributed by atoms with Crippen molar-refractivity contribution in [2.45, 2.75) is 0 Å². The average Bonchev–Trinajstić information content (AvgIpc) is 1.88. The van der Waals surface area contributed by atoms with E-state index in [0.29, 0.717) is 15.8 Å². The first-order valence-electron chi connectivity index (χ1n) is 2.65. The van der Waals surface area contributed by atoms with Crippen molar-refractivity contribution in [2.75, 3.05) is 7.11 Å². The quantitative estimate of drug-likeness (QED) is 0.639. The Hall–Kier alpha value is -0.400. The molecular formula is C7H5Cl2O. The van der Waals surface area contributed by atoms with Crippen LogP contribution < -0.4 is 4.74 Å². The average molecular weight is 176 g/mol. The van der Waals surface area contributed by atoms with E-state index < -0.39 is 0 Å². The molecule has 0 saturated heterocycles. The summed E-state index contributed by atoms with van der Waals surface area (Å²) in [5, 5.41) is 0.918. The van der Waals surface area contributed by atoms with Gasteiger partial charge in [-0.25, -0.2) is 0 Å². The number of hydrogen-bond acceptors (Lipinski definition) is 1. The molecule has 1 aromatic rings. The minimum atomic E-state index is 0.412. The molecular weight excluding hydrogens is 171 g/mol. The lowest BCUT2D eigenvalue weighted by Crippen LogP contribution is -1.84. The first-order valence-corrected chi connectivity index (χ1v) is 3.41. The summed E-state index contributed by atoms with van der Waals surface area (Å²) in [6.45, 7) is 0. The predicted molar refractivity (Wildman–Crippen MR) is 41.9 cm³/mol. The molecule has 0 aliphatic rings. The molecule has 1 aromatic carbocycles. The molecule has 0 spiro atoms. The van der Waals surface area contributed by atoms with Crippen LogP contribution in [0.15, 0.2) is 12.1 Å². The van der Waals surface area contributed by atoms with Crippen molar-refractivity contribution in [3.05, 3.63) is 28.2 Å². The molecule has 0 N–H and O–H groups in total. The highest BCUT2D eigenvalue weighted by Crippen LogP contribution is 2.31. The van der Waals surface area contributed by atoms with Gasteiger partial charge in [-0.05, 0) is 6.07 Å². The van der Waals surface area contributed by atoms with Gasteiger partial charge in [0.05, 0.1) is 17.2 Å². The van der Waals surface area contributed by atoms with Crippen molar-refractivity contribution in [1.29, 1.82) is 0 Å². The minimum absolute atomic E-state index is 0.412. The first-order chi connectivity index (χ1) is 4.75.